The van der Waals surface area contributed by atoms with Crippen molar-refractivity contribution in [2.75, 3.05) is 0 Å². The molecule has 0 saturated heterocycles. The van der Waals surface area contributed by atoms with Crippen LogP contribution in [0.15, 0.2) is 4.63 Å². The molecular weight excluding hydrogens is 266 g/mol. The summed E-state index contributed by atoms with van der Waals surface area (Å²) in [5, 5.41) is 16.1. The zero-order valence-corrected chi connectivity index (χ0v) is 12.3. The summed E-state index contributed by atoms with van der Waals surface area (Å²) in [5.74, 6) is 0. The third kappa shape index (κ3) is 3.13. The highest BCUT2D eigenvalue weighted by atomic mass is 35.5. The van der Waals surface area contributed by atoms with Gasteiger partial charge in [0, 0.05) is 12.6 Å². The predicted octanol–water partition coefficient (Wildman–Crippen LogP) is 2.02. The van der Waals surface area contributed by atoms with Crippen LogP contribution in [-0.4, -0.2) is 26.1 Å². The van der Waals surface area contributed by atoms with Crippen LogP contribution in [0.25, 0.3) is 0 Å². The lowest BCUT2D eigenvalue weighted by atomic mass is 10.3. The van der Waals surface area contributed by atoms with Gasteiger partial charge in [-0.05, 0) is 27.7 Å². The number of hydrogen-bond acceptors (Lipinski definition) is 5. The number of aryl methyl sites for hydroxylation is 2. The van der Waals surface area contributed by atoms with Gasteiger partial charge in [-0.1, -0.05) is 21.9 Å². The molecule has 1 N–H and O–H groups in total. The highest BCUT2D eigenvalue weighted by Gasteiger charge is 2.12. The quantitative estimate of drug-likeness (QED) is 0.909. The second kappa shape index (κ2) is 5.71. The Morgan fingerprint density at radius 2 is 2.00 bits per heavy atom. The molecule has 0 aromatic carbocycles. The Morgan fingerprint density at radius 1 is 1.26 bits per heavy atom. The van der Waals surface area contributed by atoms with Crippen molar-refractivity contribution in [3.63, 3.8) is 0 Å². The molecule has 104 valence electrons. The summed E-state index contributed by atoms with van der Waals surface area (Å²) < 4.78 is 6.58. The fourth-order valence-corrected chi connectivity index (χ4v) is 1.99. The standard InChI is InChI=1S/C12H18ClN5O/c1-7(14-5-11-8(2)16-19-17-11)6-18-10(4)12(13)9(3)15-18/h7,14H,5-6H2,1-4H3. The molecule has 0 fully saturated rings. The maximum Gasteiger partial charge on any atom is 0.121 e. The van der Waals surface area contributed by atoms with Gasteiger partial charge in [-0.2, -0.15) is 5.10 Å². The molecule has 0 amide bonds. The predicted molar refractivity (Wildman–Crippen MR) is 72.0 cm³/mol. The Morgan fingerprint density at radius 3 is 2.53 bits per heavy atom. The van der Waals surface area contributed by atoms with Gasteiger partial charge in [0.2, 0.25) is 0 Å². The topological polar surface area (TPSA) is 68.8 Å². The van der Waals surface area contributed by atoms with Gasteiger partial charge in [0.05, 0.1) is 23.0 Å². The van der Waals surface area contributed by atoms with Gasteiger partial charge in [-0.15, -0.1) is 0 Å². The molecule has 0 aliphatic carbocycles. The minimum Gasteiger partial charge on any atom is -0.307 e. The van der Waals surface area contributed by atoms with Gasteiger partial charge in [0.15, 0.2) is 0 Å². The van der Waals surface area contributed by atoms with E-state index in [1.165, 1.54) is 0 Å². The molecule has 7 heteroatoms. The van der Waals surface area contributed by atoms with E-state index in [4.69, 9.17) is 11.6 Å². The second-order valence-electron chi connectivity index (χ2n) is 4.75. The van der Waals surface area contributed by atoms with E-state index >= 15 is 0 Å². The Kier molecular flexibility index (Phi) is 4.21. The molecule has 2 aromatic rings. The zero-order chi connectivity index (χ0) is 14.0. The average molecular weight is 284 g/mol. The van der Waals surface area contributed by atoms with E-state index in [-0.39, 0.29) is 6.04 Å². The molecule has 19 heavy (non-hydrogen) atoms. The van der Waals surface area contributed by atoms with Crippen LogP contribution in [-0.2, 0) is 13.1 Å². The van der Waals surface area contributed by atoms with Crippen LogP contribution in [0.5, 0.6) is 0 Å². The SMILES string of the molecule is Cc1nonc1CNC(C)Cn1nc(C)c(Cl)c1C. The molecule has 1 unspecified atom stereocenters. The Labute approximate surface area is 117 Å². The van der Waals surface area contributed by atoms with E-state index in [0.29, 0.717) is 6.54 Å². The van der Waals surface area contributed by atoms with E-state index in [1.54, 1.807) is 0 Å². The lowest BCUT2D eigenvalue weighted by Gasteiger charge is -2.14. The number of halogens is 1. The van der Waals surface area contributed by atoms with E-state index in [9.17, 15) is 0 Å². The molecule has 0 aliphatic rings. The largest absolute Gasteiger partial charge is 0.307 e. The van der Waals surface area contributed by atoms with Crippen molar-refractivity contribution in [3.05, 3.63) is 27.8 Å². The first-order chi connectivity index (χ1) is 8.99. The Balaban J connectivity index is 1.92. The normalized spacial score (nSPS) is 12.9. The molecule has 0 saturated carbocycles. The van der Waals surface area contributed by atoms with Crippen LogP contribution in [0.3, 0.4) is 0 Å². The molecule has 0 bridgehead atoms. The van der Waals surface area contributed by atoms with Gasteiger partial charge in [-0.3, -0.25) is 4.68 Å². The van der Waals surface area contributed by atoms with E-state index < -0.39 is 0 Å². The molecule has 0 spiro atoms. The van der Waals surface area contributed by atoms with E-state index in [2.05, 4.69) is 32.3 Å². The summed E-state index contributed by atoms with van der Waals surface area (Å²) >= 11 is 6.13. The van der Waals surface area contributed by atoms with Gasteiger partial charge in [-0.25, -0.2) is 4.63 Å². The first-order valence-corrected chi connectivity index (χ1v) is 6.57. The monoisotopic (exact) mass is 283 g/mol. The van der Waals surface area contributed by atoms with Crippen LogP contribution in [0, 0.1) is 20.8 Å². The molecule has 0 aliphatic heterocycles. The summed E-state index contributed by atoms with van der Waals surface area (Å²) in [6, 6.07) is 0.241. The minimum absolute atomic E-state index is 0.241. The van der Waals surface area contributed by atoms with E-state index in [1.807, 2.05) is 25.5 Å². The smallest absolute Gasteiger partial charge is 0.121 e. The minimum atomic E-state index is 0.241. The number of nitrogens with one attached hydrogen (secondary N) is 1. The highest BCUT2D eigenvalue weighted by Crippen LogP contribution is 2.19. The van der Waals surface area contributed by atoms with Crippen LogP contribution in [0.1, 0.15) is 29.7 Å². The number of rotatable bonds is 5. The molecule has 2 heterocycles. The third-order valence-electron chi connectivity index (χ3n) is 3.10. The summed E-state index contributed by atoms with van der Waals surface area (Å²) in [6.45, 7) is 9.23. The van der Waals surface area contributed by atoms with Crippen molar-refractivity contribution < 1.29 is 4.63 Å². The molecule has 6 nitrogen and oxygen atoms in total. The molecule has 2 rings (SSSR count). The first-order valence-electron chi connectivity index (χ1n) is 6.20. The lowest BCUT2D eigenvalue weighted by Crippen LogP contribution is -2.31. The van der Waals surface area contributed by atoms with Crippen molar-refractivity contribution in [1.82, 2.24) is 25.4 Å². The van der Waals surface area contributed by atoms with Gasteiger partial charge in [0.1, 0.15) is 11.4 Å². The molecule has 2 aromatic heterocycles. The third-order valence-corrected chi connectivity index (χ3v) is 3.65. The maximum absolute atomic E-state index is 6.13. The highest BCUT2D eigenvalue weighted by molar-refractivity contribution is 6.31. The first kappa shape index (κ1) is 14.0. The van der Waals surface area contributed by atoms with E-state index in [0.717, 1.165) is 34.3 Å². The molecular formula is C12H18ClN5O. The molecule has 1 atom stereocenters. The van der Waals surface area contributed by atoms with Gasteiger partial charge >= 0.3 is 0 Å². The lowest BCUT2D eigenvalue weighted by molar-refractivity contribution is 0.299. The van der Waals surface area contributed by atoms with Crippen LogP contribution < -0.4 is 5.32 Å². The summed E-state index contributed by atoms with van der Waals surface area (Å²) in [6.07, 6.45) is 0. The maximum atomic E-state index is 6.13. The Bertz CT molecular complexity index is 562. The van der Waals surface area contributed by atoms with Gasteiger partial charge in [0.25, 0.3) is 0 Å². The van der Waals surface area contributed by atoms with Crippen molar-refractivity contribution in [2.45, 2.75) is 46.8 Å². The van der Waals surface area contributed by atoms with Crippen LogP contribution in [0.2, 0.25) is 5.02 Å². The second-order valence-corrected chi connectivity index (χ2v) is 5.12. The number of aromatic nitrogens is 4. The zero-order valence-electron chi connectivity index (χ0n) is 11.6. The molecule has 0 radical (unpaired) electrons. The van der Waals surface area contributed by atoms with Crippen molar-refractivity contribution in [2.24, 2.45) is 0 Å². The summed E-state index contributed by atoms with van der Waals surface area (Å²) in [5.41, 5.74) is 3.50. The fraction of sp³-hybridized carbons (Fsp3) is 0.583. The average Bonchev–Trinajstić information content (AvgIpc) is 2.87. The number of hydrogen-bond donors (Lipinski definition) is 1. The fourth-order valence-electron chi connectivity index (χ4n) is 1.86. The summed E-state index contributed by atoms with van der Waals surface area (Å²) in [4.78, 5) is 0. The summed E-state index contributed by atoms with van der Waals surface area (Å²) in [7, 11) is 0. The van der Waals surface area contributed by atoms with Crippen LogP contribution in [0.4, 0.5) is 0 Å². The van der Waals surface area contributed by atoms with Crippen LogP contribution >= 0.6 is 11.6 Å². The Hall–Kier alpha value is -1.40. The van der Waals surface area contributed by atoms with Crippen molar-refractivity contribution >= 4 is 11.6 Å². The van der Waals surface area contributed by atoms with Crippen molar-refractivity contribution in [1.29, 1.82) is 0 Å². The van der Waals surface area contributed by atoms with Crippen molar-refractivity contribution in [3.8, 4) is 0 Å². The number of nitrogens with zero attached hydrogens (tertiary/aromatic N) is 4. The van der Waals surface area contributed by atoms with Gasteiger partial charge < -0.3 is 5.32 Å².